The molecular formula is C18H20N4O3. The first-order chi connectivity index (χ1) is 12.0. The van der Waals surface area contributed by atoms with Gasteiger partial charge < -0.3 is 9.47 Å². The monoisotopic (exact) mass is 340 g/mol. The van der Waals surface area contributed by atoms with Gasteiger partial charge in [-0.05, 0) is 25.5 Å². The van der Waals surface area contributed by atoms with Crippen molar-refractivity contribution < 1.29 is 9.47 Å². The van der Waals surface area contributed by atoms with Crippen LogP contribution in [0.5, 0.6) is 6.01 Å². The minimum absolute atomic E-state index is 0.0204. The SMILES string of the molecule is COC1CC(Oc2nc3nn(-c4ccc(C)cc4C)cc3c(=O)[nH]2)C1. The molecule has 130 valence electrons. The van der Waals surface area contributed by atoms with Gasteiger partial charge in [-0.2, -0.15) is 4.98 Å². The second-order valence-electron chi connectivity index (χ2n) is 6.54. The van der Waals surface area contributed by atoms with Crippen molar-refractivity contribution in [1.82, 2.24) is 19.7 Å². The van der Waals surface area contributed by atoms with Crippen LogP contribution in [0.1, 0.15) is 24.0 Å². The third-order valence-corrected chi connectivity index (χ3v) is 4.63. The second-order valence-corrected chi connectivity index (χ2v) is 6.54. The van der Waals surface area contributed by atoms with Gasteiger partial charge in [0.05, 0.1) is 11.8 Å². The molecule has 7 heteroatoms. The van der Waals surface area contributed by atoms with E-state index in [1.807, 2.05) is 26.0 Å². The first-order valence-electron chi connectivity index (χ1n) is 8.30. The van der Waals surface area contributed by atoms with E-state index in [0.29, 0.717) is 11.0 Å². The van der Waals surface area contributed by atoms with Crippen molar-refractivity contribution in [2.45, 2.75) is 38.9 Å². The Bertz CT molecular complexity index is 986. The molecule has 1 fully saturated rings. The molecule has 1 aliphatic carbocycles. The highest BCUT2D eigenvalue weighted by molar-refractivity contribution is 5.73. The predicted octanol–water partition coefficient (Wildman–Crippen LogP) is 2.28. The summed E-state index contributed by atoms with van der Waals surface area (Å²) in [6.07, 6.45) is 3.55. The number of H-pyrrole nitrogens is 1. The van der Waals surface area contributed by atoms with E-state index < -0.39 is 0 Å². The summed E-state index contributed by atoms with van der Waals surface area (Å²) >= 11 is 0. The van der Waals surface area contributed by atoms with E-state index in [9.17, 15) is 4.79 Å². The van der Waals surface area contributed by atoms with E-state index in [1.54, 1.807) is 18.0 Å². The lowest BCUT2D eigenvalue weighted by Crippen LogP contribution is -2.39. The molecule has 1 saturated carbocycles. The van der Waals surface area contributed by atoms with E-state index >= 15 is 0 Å². The average Bonchev–Trinajstić information content (AvgIpc) is 2.94. The molecule has 0 aliphatic heterocycles. The van der Waals surface area contributed by atoms with Gasteiger partial charge in [-0.15, -0.1) is 5.10 Å². The molecule has 0 bridgehead atoms. The Hall–Kier alpha value is -2.67. The van der Waals surface area contributed by atoms with Crippen LogP contribution < -0.4 is 10.3 Å². The van der Waals surface area contributed by atoms with Crippen LogP contribution in [-0.4, -0.2) is 39.1 Å². The van der Waals surface area contributed by atoms with Gasteiger partial charge in [-0.1, -0.05) is 17.7 Å². The number of hydrogen-bond donors (Lipinski definition) is 1. The largest absolute Gasteiger partial charge is 0.461 e. The fourth-order valence-electron chi connectivity index (χ4n) is 3.10. The smallest absolute Gasteiger partial charge is 0.298 e. The van der Waals surface area contributed by atoms with Gasteiger partial charge in [0.1, 0.15) is 11.5 Å². The summed E-state index contributed by atoms with van der Waals surface area (Å²) in [4.78, 5) is 19.4. The van der Waals surface area contributed by atoms with Gasteiger partial charge in [-0.3, -0.25) is 9.78 Å². The van der Waals surface area contributed by atoms with E-state index in [-0.39, 0.29) is 23.8 Å². The molecule has 1 N–H and O–H groups in total. The summed E-state index contributed by atoms with van der Waals surface area (Å²) in [5.41, 5.74) is 3.31. The Kier molecular flexibility index (Phi) is 3.80. The van der Waals surface area contributed by atoms with E-state index in [2.05, 4.69) is 21.1 Å². The van der Waals surface area contributed by atoms with Gasteiger partial charge in [0, 0.05) is 26.1 Å². The van der Waals surface area contributed by atoms with Crippen LogP contribution in [0, 0.1) is 13.8 Å². The molecule has 0 spiro atoms. The first-order valence-corrected chi connectivity index (χ1v) is 8.30. The zero-order valence-corrected chi connectivity index (χ0v) is 14.4. The van der Waals surface area contributed by atoms with E-state index in [0.717, 1.165) is 24.1 Å². The highest BCUT2D eigenvalue weighted by Gasteiger charge is 2.31. The second kappa shape index (κ2) is 6.00. The molecule has 25 heavy (non-hydrogen) atoms. The summed E-state index contributed by atoms with van der Waals surface area (Å²) < 4.78 is 12.7. The van der Waals surface area contributed by atoms with Gasteiger partial charge in [-0.25, -0.2) is 4.68 Å². The summed E-state index contributed by atoms with van der Waals surface area (Å²) in [7, 11) is 1.69. The van der Waals surface area contributed by atoms with Crippen molar-refractivity contribution in [2.75, 3.05) is 7.11 Å². The van der Waals surface area contributed by atoms with Crippen LogP contribution in [0.3, 0.4) is 0 Å². The van der Waals surface area contributed by atoms with Gasteiger partial charge in [0.2, 0.25) is 0 Å². The summed E-state index contributed by atoms with van der Waals surface area (Å²) in [5, 5.41) is 4.90. The molecule has 0 radical (unpaired) electrons. The summed E-state index contributed by atoms with van der Waals surface area (Å²) in [6, 6.07) is 6.30. The number of aryl methyl sites for hydroxylation is 2. The van der Waals surface area contributed by atoms with Crippen molar-refractivity contribution in [3.63, 3.8) is 0 Å². The minimum atomic E-state index is -0.251. The number of nitrogens with zero attached hydrogens (tertiary/aromatic N) is 3. The van der Waals surface area contributed by atoms with Crippen LogP contribution in [0.15, 0.2) is 29.2 Å². The van der Waals surface area contributed by atoms with Gasteiger partial charge in [0.25, 0.3) is 11.6 Å². The van der Waals surface area contributed by atoms with Crippen LogP contribution in [0.25, 0.3) is 16.7 Å². The third-order valence-electron chi connectivity index (χ3n) is 4.63. The number of benzene rings is 1. The highest BCUT2D eigenvalue weighted by atomic mass is 16.5. The highest BCUT2D eigenvalue weighted by Crippen LogP contribution is 2.26. The van der Waals surface area contributed by atoms with Crippen molar-refractivity contribution in [2.24, 2.45) is 0 Å². The van der Waals surface area contributed by atoms with Crippen molar-refractivity contribution in [1.29, 1.82) is 0 Å². The molecule has 4 rings (SSSR count). The van der Waals surface area contributed by atoms with E-state index in [1.165, 1.54) is 5.56 Å². The lowest BCUT2D eigenvalue weighted by atomic mass is 9.92. The van der Waals surface area contributed by atoms with Crippen molar-refractivity contribution in [3.05, 3.63) is 45.9 Å². The maximum atomic E-state index is 12.3. The molecule has 1 aliphatic rings. The molecule has 0 saturated heterocycles. The standard InChI is InChI=1S/C18H20N4O3/c1-10-4-5-15(11(2)6-10)22-9-14-16(21-22)19-18(20-17(14)23)25-13-7-12(8-13)24-3/h4-6,9,12-13H,7-8H2,1-3H3,(H,19,20,21,23). The zero-order chi connectivity index (χ0) is 17.6. The number of aromatic nitrogens is 4. The van der Waals surface area contributed by atoms with Crippen molar-refractivity contribution >= 4 is 11.0 Å². The van der Waals surface area contributed by atoms with Gasteiger partial charge >= 0.3 is 0 Å². The molecule has 7 nitrogen and oxygen atoms in total. The molecule has 0 unspecified atom stereocenters. The molecule has 1 aromatic carbocycles. The maximum Gasteiger partial charge on any atom is 0.298 e. The molecule has 2 aromatic heterocycles. The Morgan fingerprint density at radius 1 is 1.24 bits per heavy atom. The number of methoxy groups -OCH3 is 1. The number of aromatic amines is 1. The van der Waals surface area contributed by atoms with E-state index in [4.69, 9.17) is 9.47 Å². The number of hydrogen-bond acceptors (Lipinski definition) is 5. The zero-order valence-electron chi connectivity index (χ0n) is 14.4. The Labute approximate surface area is 144 Å². The Balaban J connectivity index is 1.66. The molecule has 0 amide bonds. The Morgan fingerprint density at radius 3 is 2.76 bits per heavy atom. The number of rotatable bonds is 4. The summed E-state index contributed by atoms with van der Waals surface area (Å²) in [6.45, 7) is 4.06. The molecule has 2 heterocycles. The van der Waals surface area contributed by atoms with Crippen molar-refractivity contribution in [3.8, 4) is 11.7 Å². The summed E-state index contributed by atoms with van der Waals surface area (Å²) in [5.74, 6) is 0. The van der Waals surface area contributed by atoms with Crippen LogP contribution >= 0.6 is 0 Å². The third kappa shape index (κ3) is 2.91. The number of fused-ring (bicyclic) bond motifs is 1. The fraction of sp³-hybridized carbons (Fsp3) is 0.389. The topological polar surface area (TPSA) is 82.0 Å². The fourth-order valence-corrected chi connectivity index (χ4v) is 3.10. The first kappa shape index (κ1) is 15.8. The lowest BCUT2D eigenvalue weighted by Gasteiger charge is -2.33. The molecular weight excluding hydrogens is 320 g/mol. The van der Waals surface area contributed by atoms with Crippen LogP contribution in [0.2, 0.25) is 0 Å². The lowest BCUT2D eigenvalue weighted by molar-refractivity contribution is -0.0412. The van der Waals surface area contributed by atoms with Crippen LogP contribution in [-0.2, 0) is 4.74 Å². The predicted molar refractivity (Wildman–Crippen MR) is 93.4 cm³/mol. The maximum absolute atomic E-state index is 12.3. The van der Waals surface area contributed by atoms with Crippen LogP contribution in [0.4, 0.5) is 0 Å². The number of nitrogens with one attached hydrogen (secondary N) is 1. The van der Waals surface area contributed by atoms with Gasteiger partial charge in [0.15, 0.2) is 5.65 Å². The quantitative estimate of drug-likeness (QED) is 0.788. The minimum Gasteiger partial charge on any atom is -0.461 e. The average molecular weight is 340 g/mol. The Morgan fingerprint density at radius 2 is 2.04 bits per heavy atom. The molecule has 3 aromatic rings. The molecule has 0 atom stereocenters. The number of ether oxygens (including phenoxy) is 2. The normalized spacial score (nSPS) is 19.8.